The Labute approximate surface area is 157 Å². The van der Waals surface area contributed by atoms with E-state index in [0.29, 0.717) is 5.57 Å². The first-order chi connectivity index (χ1) is 12.4. The number of nitrogen functional groups attached to an aromatic ring is 1. The van der Waals surface area contributed by atoms with E-state index in [0.717, 1.165) is 36.3 Å². The molecule has 0 aliphatic heterocycles. The van der Waals surface area contributed by atoms with Gasteiger partial charge in [0.15, 0.2) is 0 Å². The molecule has 3 N–H and O–H groups in total. The third-order valence-electron chi connectivity index (χ3n) is 3.90. The van der Waals surface area contributed by atoms with Crippen LogP contribution in [0.5, 0.6) is 0 Å². The number of nitrogens with two attached hydrogens (primary N) is 1. The molecule has 1 atom stereocenters. The van der Waals surface area contributed by atoms with Gasteiger partial charge in [0.2, 0.25) is 0 Å². The maximum atomic E-state index is 9.28. The summed E-state index contributed by atoms with van der Waals surface area (Å²) in [4.78, 5) is 0. The number of nitrogens with zero attached hydrogens (tertiary/aromatic N) is 2. The summed E-state index contributed by atoms with van der Waals surface area (Å²) < 4.78 is 0. The largest absolute Gasteiger partial charge is 0.399 e. The van der Waals surface area contributed by atoms with Crippen LogP contribution in [0.15, 0.2) is 58.8 Å². The maximum absolute atomic E-state index is 9.28. The van der Waals surface area contributed by atoms with Crippen molar-refractivity contribution in [1.29, 1.82) is 10.5 Å². The van der Waals surface area contributed by atoms with Gasteiger partial charge in [0.25, 0.3) is 0 Å². The second-order valence-corrected chi connectivity index (χ2v) is 6.65. The highest BCUT2D eigenvalue weighted by Gasteiger charge is 2.12. The summed E-state index contributed by atoms with van der Waals surface area (Å²) in [6.45, 7) is 9.00. The number of nitriles is 2. The molecule has 0 saturated carbocycles. The molecule has 0 heterocycles. The van der Waals surface area contributed by atoms with Crippen molar-refractivity contribution in [2.24, 2.45) is 5.92 Å². The number of hydrogen-bond donors (Lipinski definition) is 2. The van der Waals surface area contributed by atoms with Gasteiger partial charge in [-0.05, 0) is 56.4 Å². The number of allylic oxidation sites excluding steroid dienone is 6. The van der Waals surface area contributed by atoms with Crippen LogP contribution < -0.4 is 11.1 Å². The molecule has 4 heteroatoms. The Kier molecular flexibility index (Phi) is 8.75. The molecule has 1 aromatic rings. The van der Waals surface area contributed by atoms with Crippen LogP contribution in [0.3, 0.4) is 0 Å². The lowest BCUT2D eigenvalue weighted by atomic mass is 9.95. The van der Waals surface area contributed by atoms with Gasteiger partial charge in [0.05, 0.1) is 0 Å². The zero-order valence-electron chi connectivity index (χ0n) is 16.1. The first-order valence-corrected chi connectivity index (χ1v) is 8.90. The molecular formula is C22H28N4. The maximum Gasteiger partial charge on any atom is 0.136 e. The Morgan fingerprint density at radius 2 is 1.77 bits per heavy atom. The van der Waals surface area contributed by atoms with Gasteiger partial charge in [-0.15, -0.1) is 0 Å². The van der Waals surface area contributed by atoms with Crippen molar-refractivity contribution in [2.75, 3.05) is 12.3 Å². The van der Waals surface area contributed by atoms with E-state index in [1.807, 2.05) is 62.4 Å². The zero-order valence-corrected chi connectivity index (χ0v) is 16.1. The quantitative estimate of drug-likeness (QED) is 0.407. The number of benzene rings is 1. The summed E-state index contributed by atoms with van der Waals surface area (Å²) in [6.07, 6.45) is 5.66. The normalized spacial score (nSPS) is 11.7. The predicted molar refractivity (Wildman–Crippen MR) is 108 cm³/mol. The molecule has 1 rings (SSSR count). The highest BCUT2D eigenvalue weighted by molar-refractivity contribution is 5.51. The summed E-state index contributed by atoms with van der Waals surface area (Å²) >= 11 is 0. The molecule has 0 aliphatic rings. The SMILES string of the molecule is CCCN/C(=C\C(C=C(C)C)=C(C#N)C#N)C(C)Cc1ccc(N)cc1. The molecule has 1 unspecified atom stereocenters. The molecule has 0 aliphatic carbocycles. The average molecular weight is 348 g/mol. The van der Waals surface area contributed by atoms with Gasteiger partial charge >= 0.3 is 0 Å². The van der Waals surface area contributed by atoms with Crippen LogP contribution in [0.4, 0.5) is 5.69 Å². The minimum Gasteiger partial charge on any atom is -0.399 e. The van der Waals surface area contributed by atoms with E-state index >= 15 is 0 Å². The highest BCUT2D eigenvalue weighted by Crippen LogP contribution is 2.20. The fraction of sp³-hybridized carbons (Fsp3) is 0.364. The van der Waals surface area contributed by atoms with Crippen LogP contribution in [0, 0.1) is 28.6 Å². The number of rotatable bonds is 8. The fourth-order valence-electron chi connectivity index (χ4n) is 2.57. The van der Waals surface area contributed by atoms with E-state index < -0.39 is 0 Å². The van der Waals surface area contributed by atoms with Crippen LogP contribution in [-0.4, -0.2) is 6.54 Å². The zero-order chi connectivity index (χ0) is 19.5. The molecule has 0 saturated heterocycles. The lowest BCUT2D eigenvalue weighted by Gasteiger charge is -2.19. The van der Waals surface area contributed by atoms with Crippen molar-refractivity contribution >= 4 is 5.69 Å². The number of hydrogen-bond acceptors (Lipinski definition) is 4. The molecule has 136 valence electrons. The van der Waals surface area contributed by atoms with Gasteiger partial charge in [-0.1, -0.05) is 37.6 Å². The molecule has 0 aromatic heterocycles. The summed E-state index contributed by atoms with van der Waals surface area (Å²) in [5, 5.41) is 22.0. The highest BCUT2D eigenvalue weighted by atomic mass is 14.9. The van der Waals surface area contributed by atoms with Crippen LogP contribution in [0.2, 0.25) is 0 Å². The van der Waals surface area contributed by atoms with Gasteiger partial charge in [-0.25, -0.2) is 0 Å². The molecule has 4 nitrogen and oxygen atoms in total. The van der Waals surface area contributed by atoms with Crippen molar-refractivity contribution in [3.63, 3.8) is 0 Å². The van der Waals surface area contributed by atoms with Crippen LogP contribution in [0.25, 0.3) is 0 Å². The minimum absolute atomic E-state index is 0.127. The van der Waals surface area contributed by atoms with Gasteiger partial charge in [0.1, 0.15) is 17.7 Å². The standard InChI is InChI=1S/C22H28N4/c1-5-10-26-22(13-19(11-16(2)3)20(14-23)15-24)17(4)12-18-6-8-21(25)9-7-18/h6-9,11,13,17,26H,5,10,12,25H2,1-4H3/b22-13-. The van der Waals surface area contributed by atoms with Crippen molar-refractivity contribution < 1.29 is 0 Å². The molecule has 0 radical (unpaired) electrons. The summed E-state index contributed by atoms with van der Waals surface area (Å²) in [6, 6.07) is 11.9. The van der Waals surface area contributed by atoms with Gasteiger partial charge in [-0.3, -0.25) is 0 Å². The summed E-state index contributed by atoms with van der Waals surface area (Å²) in [5.41, 5.74) is 10.6. The third-order valence-corrected chi connectivity index (χ3v) is 3.90. The first-order valence-electron chi connectivity index (χ1n) is 8.90. The van der Waals surface area contributed by atoms with Crippen molar-refractivity contribution in [3.8, 4) is 12.1 Å². The molecule has 0 bridgehead atoms. The first kappa shape index (κ1) is 21.1. The second-order valence-electron chi connectivity index (χ2n) is 6.65. The van der Waals surface area contributed by atoms with E-state index in [1.54, 1.807) is 0 Å². The molecule has 0 amide bonds. The van der Waals surface area contributed by atoms with E-state index in [1.165, 1.54) is 5.56 Å². The predicted octanol–water partition coefficient (Wildman–Crippen LogP) is 4.64. The van der Waals surface area contributed by atoms with E-state index in [2.05, 4.69) is 19.2 Å². The fourth-order valence-corrected chi connectivity index (χ4v) is 2.57. The van der Waals surface area contributed by atoms with E-state index in [9.17, 15) is 10.5 Å². The molecule has 0 fully saturated rings. The smallest absolute Gasteiger partial charge is 0.136 e. The lowest BCUT2D eigenvalue weighted by Crippen LogP contribution is -2.21. The van der Waals surface area contributed by atoms with Crippen molar-refractivity contribution in [2.45, 2.75) is 40.5 Å². The Hall–Kier alpha value is -2.98. The monoisotopic (exact) mass is 348 g/mol. The van der Waals surface area contributed by atoms with Gasteiger partial charge < -0.3 is 11.1 Å². The topological polar surface area (TPSA) is 85.6 Å². The lowest BCUT2D eigenvalue weighted by molar-refractivity contribution is 0.597. The Balaban J connectivity index is 3.24. The Bertz CT molecular complexity index is 748. The van der Waals surface area contributed by atoms with Gasteiger partial charge in [-0.2, -0.15) is 10.5 Å². The van der Waals surface area contributed by atoms with Crippen LogP contribution in [-0.2, 0) is 6.42 Å². The van der Waals surface area contributed by atoms with Gasteiger partial charge in [0, 0.05) is 23.5 Å². The molecular weight excluding hydrogens is 320 g/mol. The Morgan fingerprint density at radius 1 is 1.15 bits per heavy atom. The molecule has 1 aromatic carbocycles. The Morgan fingerprint density at radius 3 is 2.27 bits per heavy atom. The van der Waals surface area contributed by atoms with Crippen molar-refractivity contribution in [3.05, 3.63) is 64.4 Å². The van der Waals surface area contributed by atoms with Crippen LogP contribution in [0.1, 0.15) is 39.7 Å². The van der Waals surface area contributed by atoms with Crippen molar-refractivity contribution in [1.82, 2.24) is 5.32 Å². The molecule has 26 heavy (non-hydrogen) atoms. The second kappa shape index (κ2) is 10.8. The van der Waals surface area contributed by atoms with E-state index in [-0.39, 0.29) is 11.5 Å². The molecule has 0 spiro atoms. The van der Waals surface area contributed by atoms with E-state index in [4.69, 9.17) is 5.73 Å². The summed E-state index contributed by atoms with van der Waals surface area (Å²) in [7, 11) is 0. The summed E-state index contributed by atoms with van der Waals surface area (Å²) in [5.74, 6) is 0.212. The number of anilines is 1. The van der Waals surface area contributed by atoms with Crippen LogP contribution >= 0.6 is 0 Å². The minimum atomic E-state index is 0.127. The average Bonchev–Trinajstić information content (AvgIpc) is 2.60. The number of nitrogens with one attached hydrogen (secondary N) is 1. The third kappa shape index (κ3) is 6.87.